The summed E-state index contributed by atoms with van der Waals surface area (Å²) in [5.41, 5.74) is -0.993. The van der Waals surface area contributed by atoms with Gasteiger partial charge in [0.25, 0.3) is 0 Å². The number of nitrogens with zero attached hydrogens (tertiary/aromatic N) is 1. The first-order chi connectivity index (χ1) is 9.32. The first kappa shape index (κ1) is 14.8. The number of carbonyl (C=O) groups is 1. The Balaban J connectivity index is 2.67. The maximum Gasteiger partial charge on any atom is 0.433 e. The topological polar surface area (TPSA) is 30.0 Å². The molecule has 104 valence electrons. The average molecular weight is 320 g/mol. The second-order valence-corrected chi connectivity index (χ2v) is 4.72. The van der Waals surface area contributed by atoms with Crippen LogP contribution in [0.4, 0.5) is 13.2 Å². The van der Waals surface area contributed by atoms with Crippen LogP contribution >= 0.6 is 23.2 Å². The quantitative estimate of drug-likeness (QED) is 0.738. The van der Waals surface area contributed by atoms with Crippen molar-refractivity contribution in [1.29, 1.82) is 0 Å². The first-order valence-corrected chi connectivity index (χ1v) is 6.07. The fraction of sp³-hybridized carbons (Fsp3) is 0.0769. The Morgan fingerprint density at radius 1 is 1.10 bits per heavy atom. The minimum Gasteiger partial charge on any atom is -0.298 e. The van der Waals surface area contributed by atoms with Crippen molar-refractivity contribution < 1.29 is 18.0 Å². The molecule has 2 nitrogen and oxygen atoms in total. The van der Waals surface area contributed by atoms with Gasteiger partial charge in [-0.3, -0.25) is 4.79 Å². The van der Waals surface area contributed by atoms with Gasteiger partial charge < -0.3 is 0 Å². The van der Waals surface area contributed by atoms with Crippen molar-refractivity contribution in [2.24, 2.45) is 0 Å². The molecule has 2 rings (SSSR count). The number of benzene rings is 1. The van der Waals surface area contributed by atoms with Crippen molar-refractivity contribution in [3.8, 4) is 11.3 Å². The number of aldehydes is 1. The molecule has 0 aliphatic rings. The Morgan fingerprint density at radius 3 is 2.35 bits per heavy atom. The second kappa shape index (κ2) is 5.42. The Labute approximate surface area is 122 Å². The standard InChI is InChI=1S/C13H6Cl2F3NO/c14-8-2-3-9(10(15)5-8)12-7(6-20)1-4-11(19-12)13(16,17)18/h1-6H. The van der Waals surface area contributed by atoms with E-state index in [2.05, 4.69) is 4.98 Å². The number of hydrogen-bond donors (Lipinski definition) is 0. The Bertz CT molecular complexity index is 671. The van der Waals surface area contributed by atoms with Crippen LogP contribution in [0.25, 0.3) is 11.3 Å². The second-order valence-electron chi connectivity index (χ2n) is 3.87. The van der Waals surface area contributed by atoms with Crippen LogP contribution in [-0.2, 0) is 6.18 Å². The maximum absolute atomic E-state index is 12.7. The van der Waals surface area contributed by atoms with Gasteiger partial charge in [-0.05, 0) is 30.3 Å². The number of aromatic nitrogens is 1. The van der Waals surface area contributed by atoms with Crippen LogP contribution in [0.2, 0.25) is 10.0 Å². The van der Waals surface area contributed by atoms with Gasteiger partial charge in [0.05, 0.1) is 10.7 Å². The lowest BCUT2D eigenvalue weighted by atomic mass is 10.1. The van der Waals surface area contributed by atoms with Crippen LogP contribution in [0.3, 0.4) is 0 Å². The summed E-state index contributed by atoms with van der Waals surface area (Å²) in [4.78, 5) is 14.4. The summed E-state index contributed by atoms with van der Waals surface area (Å²) in [5.74, 6) is 0. The molecule has 0 fully saturated rings. The average Bonchev–Trinajstić information content (AvgIpc) is 2.37. The van der Waals surface area contributed by atoms with Gasteiger partial charge in [-0.15, -0.1) is 0 Å². The molecule has 7 heteroatoms. The third-order valence-electron chi connectivity index (χ3n) is 2.53. The normalized spacial score (nSPS) is 11.4. The summed E-state index contributed by atoms with van der Waals surface area (Å²) in [7, 11) is 0. The van der Waals surface area contributed by atoms with E-state index in [0.29, 0.717) is 11.3 Å². The first-order valence-electron chi connectivity index (χ1n) is 5.32. The van der Waals surface area contributed by atoms with E-state index in [4.69, 9.17) is 23.2 Å². The van der Waals surface area contributed by atoms with Crippen molar-refractivity contribution >= 4 is 29.5 Å². The third-order valence-corrected chi connectivity index (χ3v) is 3.08. The van der Waals surface area contributed by atoms with Crippen LogP contribution in [0.15, 0.2) is 30.3 Å². The van der Waals surface area contributed by atoms with Gasteiger partial charge in [0, 0.05) is 16.1 Å². The molecule has 1 aromatic heterocycles. The molecular weight excluding hydrogens is 314 g/mol. The van der Waals surface area contributed by atoms with E-state index in [1.54, 1.807) is 0 Å². The molecule has 0 saturated carbocycles. The van der Waals surface area contributed by atoms with Crippen LogP contribution < -0.4 is 0 Å². The van der Waals surface area contributed by atoms with Gasteiger partial charge in [-0.25, -0.2) is 4.98 Å². The van der Waals surface area contributed by atoms with Gasteiger partial charge in [-0.2, -0.15) is 13.2 Å². The van der Waals surface area contributed by atoms with E-state index >= 15 is 0 Å². The van der Waals surface area contributed by atoms with Gasteiger partial charge in [0.2, 0.25) is 0 Å². The Hall–Kier alpha value is -1.59. The van der Waals surface area contributed by atoms with Gasteiger partial charge in [0.1, 0.15) is 5.69 Å². The fourth-order valence-corrected chi connectivity index (χ4v) is 2.12. The number of hydrogen-bond acceptors (Lipinski definition) is 2. The van der Waals surface area contributed by atoms with Crippen molar-refractivity contribution in [2.45, 2.75) is 6.18 Å². The molecule has 0 saturated heterocycles. The molecule has 0 aliphatic heterocycles. The smallest absolute Gasteiger partial charge is 0.298 e. The van der Waals surface area contributed by atoms with E-state index in [9.17, 15) is 18.0 Å². The summed E-state index contributed by atoms with van der Waals surface area (Å²) in [5, 5.41) is 0.450. The van der Waals surface area contributed by atoms with Gasteiger partial charge in [-0.1, -0.05) is 23.2 Å². The minimum absolute atomic E-state index is 0.0159. The summed E-state index contributed by atoms with van der Waals surface area (Å²) in [6.45, 7) is 0. The van der Waals surface area contributed by atoms with E-state index in [-0.39, 0.29) is 21.8 Å². The fourth-order valence-electron chi connectivity index (χ4n) is 1.62. The van der Waals surface area contributed by atoms with E-state index < -0.39 is 11.9 Å². The number of alkyl halides is 3. The molecule has 20 heavy (non-hydrogen) atoms. The van der Waals surface area contributed by atoms with E-state index in [1.807, 2.05) is 0 Å². The monoisotopic (exact) mass is 319 g/mol. The Morgan fingerprint density at radius 2 is 1.80 bits per heavy atom. The molecule has 1 heterocycles. The zero-order valence-electron chi connectivity index (χ0n) is 9.71. The third kappa shape index (κ3) is 2.94. The van der Waals surface area contributed by atoms with Crippen molar-refractivity contribution in [3.63, 3.8) is 0 Å². The largest absolute Gasteiger partial charge is 0.433 e. The molecule has 0 spiro atoms. The van der Waals surface area contributed by atoms with Crippen molar-refractivity contribution in [3.05, 3.63) is 51.6 Å². The molecular formula is C13H6Cl2F3NO. The molecule has 0 aliphatic carbocycles. The van der Waals surface area contributed by atoms with Crippen LogP contribution in [0.5, 0.6) is 0 Å². The highest BCUT2D eigenvalue weighted by atomic mass is 35.5. The summed E-state index contributed by atoms with van der Waals surface area (Å²) >= 11 is 11.7. The molecule has 0 amide bonds. The molecule has 0 bridgehead atoms. The lowest BCUT2D eigenvalue weighted by molar-refractivity contribution is -0.141. The highest BCUT2D eigenvalue weighted by Crippen LogP contribution is 2.34. The highest BCUT2D eigenvalue weighted by Gasteiger charge is 2.33. The lowest BCUT2D eigenvalue weighted by Gasteiger charge is -2.11. The van der Waals surface area contributed by atoms with Gasteiger partial charge in [0.15, 0.2) is 6.29 Å². The zero-order chi connectivity index (χ0) is 14.9. The maximum atomic E-state index is 12.7. The van der Waals surface area contributed by atoms with Crippen molar-refractivity contribution in [2.75, 3.05) is 0 Å². The summed E-state index contributed by atoms with van der Waals surface area (Å²) in [6, 6.07) is 6.05. The van der Waals surface area contributed by atoms with Gasteiger partial charge >= 0.3 is 6.18 Å². The van der Waals surface area contributed by atoms with E-state index in [1.165, 1.54) is 18.2 Å². The van der Waals surface area contributed by atoms with E-state index in [0.717, 1.165) is 12.1 Å². The Kier molecular flexibility index (Phi) is 4.01. The molecule has 1 aromatic carbocycles. The molecule has 0 unspecified atom stereocenters. The molecule has 2 aromatic rings. The number of rotatable bonds is 2. The highest BCUT2D eigenvalue weighted by molar-refractivity contribution is 6.36. The summed E-state index contributed by atoms with van der Waals surface area (Å²) < 4.78 is 38.0. The number of carbonyl (C=O) groups excluding carboxylic acids is 1. The number of halogens is 5. The minimum atomic E-state index is -4.60. The van der Waals surface area contributed by atoms with Crippen LogP contribution in [0.1, 0.15) is 16.1 Å². The molecule has 0 N–H and O–H groups in total. The lowest BCUT2D eigenvalue weighted by Crippen LogP contribution is -2.09. The summed E-state index contributed by atoms with van der Waals surface area (Å²) in [6.07, 6.45) is -4.18. The van der Waals surface area contributed by atoms with Crippen LogP contribution in [0, 0.1) is 0 Å². The molecule has 0 radical (unpaired) electrons. The zero-order valence-corrected chi connectivity index (χ0v) is 11.2. The van der Waals surface area contributed by atoms with Crippen molar-refractivity contribution in [1.82, 2.24) is 4.98 Å². The number of pyridine rings is 1. The predicted molar refractivity (Wildman–Crippen MR) is 70.1 cm³/mol. The molecule has 0 atom stereocenters. The van der Waals surface area contributed by atoms with Crippen LogP contribution in [-0.4, -0.2) is 11.3 Å². The SMILES string of the molecule is O=Cc1ccc(C(F)(F)F)nc1-c1ccc(Cl)cc1Cl. The predicted octanol–water partition coefficient (Wildman–Crippen LogP) is 4.89.